The van der Waals surface area contributed by atoms with Gasteiger partial charge in [0.2, 0.25) is 0 Å². The summed E-state index contributed by atoms with van der Waals surface area (Å²) in [6, 6.07) is 2.25. The van der Waals surface area contributed by atoms with Crippen molar-refractivity contribution in [3.8, 4) is 0 Å². The van der Waals surface area contributed by atoms with E-state index in [1.807, 2.05) is 0 Å². The van der Waals surface area contributed by atoms with Crippen LogP contribution < -0.4 is 5.32 Å². The lowest BCUT2D eigenvalue weighted by Gasteiger charge is -2.20. The molecule has 0 saturated carbocycles. The minimum Gasteiger partial charge on any atom is -0.461 e. The van der Waals surface area contributed by atoms with Crippen molar-refractivity contribution in [2.24, 2.45) is 0 Å². The van der Waals surface area contributed by atoms with Crippen molar-refractivity contribution in [2.45, 2.75) is 44.9 Å². The molecular weight excluding hydrogens is 320 g/mol. The number of ether oxygens (including phenoxy) is 1. The number of ketones is 1. The van der Waals surface area contributed by atoms with Crippen LogP contribution in [0.15, 0.2) is 17.5 Å². The van der Waals surface area contributed by atoms with Crippen LogP contribution in [0.5, 0.6) is 0 Å². The molecule has 0 bridgehead atoms. The Bertz CT molecular complexity index is 556. The van der Waals surface area contributed by atoms with Crippen LogP contribution in [0.4, 0.5) is 0 Å². The molecule has 1 amide bonds. The van der Waals surface area contributed by atoms with Crippen molar-refractivity contribution in [3.63, 3.8) is 0 Å². The molecule has 1 heterocycles. The first-order chi connectivity index (χ1) is 10.8. The third kappa shape index (κ3) is 6.29. The van der Waals surface area contributed by atoms with Crippen LogP contribution in [0, 0.1) is 5.41 Å². The molecule has 1 rings (SSSR count). The first-order valence-electron chi connectivity index (χ1n) is 7.10. The van der Waals surface area contributed by atoms with Crippen molar-refractivity contribution >= 4 is 35.2 Å². The van der Waals surface area contributed by atoms with E-state index in [-0.39, 0.29) is 18.9 Å². The molecule has 0 aliphatic carbocycles. The topological polar surface area (TPSA) is 117 Å². The molecule has 126 valence electrons. The second-order valence-corrected chi connectivity index (χ2v) is 6.09. The SMILES string of the molecule is CC(C)OC(=O)[C@H](CCC(=O)C=N)NC(=O)[C@@H](O)c1cccs1. The molecule has 23 heavy (non-hydrogen) atoms. The van der Waals surface area contributed by atoms with Crippen molar-refractivity contribution in [1.82, 2.24) is 5.32 Å². The third-order valence-electron chi connectivity index (χ3n) is 2.85. The van der Waals surface area contributed by atoms with Gasteiger partial charge in [-0.3, -0.25) is 9.59 Å². The fourth-order valence-electron chi connectivity index (χ4n) is 1.75. The quantitative estimate of drug-likeness (QED) is 0.461. The molecule has 0 aromatic carbocycles. The number of aliphatic hydroxyl groups is 1. The summed E-state index contributed by atoms with van der Waals surface area (Å²) >= 11 is 1.22. The Morgan fingerprint density at radius 1 is 1.43 bits per heavy atom. The summed E-state index contributed by atoms with van der Waals surface area (Å²) in [5.41, 5.74) is 0. The van der Waals surface area contributed by atoms with E-state index in [1.54, 1.807) is 31.4 Å². The van der Waals surface area contributed by atoms with E-state index in [1.165, 1.54) is 11.3 Å². The maximum Gasteiger partial charge on any atom is 0.328 e. The second kappa shape index (κ2) is 9.16. The Morgan fingerprint density at radius 2 is 2.13 bits per heavy atom. The van der Waals surface area contributed by atoms with Gasteiger partial charge in [0.05, 0.1) is 12.3 Å². The average Bonchev–Trinajstić information content (AvgIpc) is 3.03. The smallest absolute Gasteiger partial charge is 0.328 e. The zero-order valence-corrected chi connectivity index (χ0v) is 13.8. The Labute approximate surface area is 138 Å². The van der Waals surface area contributed by atoms with Crippen molar-refractivity contribution in [3.05, 3.63) is 22.4 Å². The summed E-state index contributed by atoms with van der Waals surface area (Å²) < 4.78 is 5.05. The number of Topliss-reactive ketones (excluding diaryl/α,β-unsaturated/α-hetero) is 1. The Balaban J connectivity index is 2.74. The summed E-state index contributed by atoms with van der Waals surface area (Å²) in [6.45, 7) is 3.33. The predicted molar refractivity (Wildman–Crippen MR) is 85.5 cm³/mol. The Morgan fingerprint density at radius 3 is 2.65 bits per heavy atom. The van der Waals surface area contributed by atoms with Gasteiger partial charge >= 0.3 is 5.97 Å². The maximum absolute atomic E-state index is 12.1. The number of esters is 1. The molecule has 0 saturated heterocycles. The van der Waals surface area contributed by atoms with E-state index < -0.39 is 29.8 Å². The fourth-order valence-corrected chi connectivity index (χ4v) is 2.46. The summed E-state index contributed by atoms with van der Waals surface area (Å²) in [7, 11) is 0. The number of aliphatic hydroxyl groups excluding tert-OH is 1. The van der Waals surface area contributed by atoms with Gasteiger partial charge < -0.3 is 20.6 Å². The number of rotatable bonds is 9. The van der Waals surface area contributed by atoms with Crippen LogP contribution in [0.25, 0.3) is 0 Å². The highest BCUT2D eigenvalue weighted by Gasteiger charge is 2.27. The van der Waals surface area contributed by atoms with Gasteiger partial charge in [0, 0.05) is 11.3 Å². The number of carbonyl (C=O) groups is 3. The van der Waals surface area contributed by atoms with E-state index in [4.69, 9.17) is 10.1 Å². The molecule has 7 nitrogen and oxygen atoms in total. The molecule has 1 aromatic heterocycles. The van der Waals surface area contributed by atoms with Crippen molar-refractivity contribution < 1.29 is 24.2 Å². The van der Waals surface area contributed by atoms with E-state index in [0.717, 1.165) is 0 Å². The van der Waals surface area contributed by atoms with Gasteiger partial charge in [0.1, 0.15) is 6.04 Å². The monoisotopic (exact) mass is 340 g/mol. The molecule has 0 spiro atoms. The molecule has 0 radical (unpaired) electrons. The number of hydrogen-bond donors (Lipinski definition) is 3. The lowest BCUT2D eigenvalue weighted by molar-refractivity contribution is -0.152. The van der Waals surface area contributed by atoms with E-state index in [0.29, 0.717) is 11.1 Å². The highest BCUT2D eigenvalue weighted by Crippen LogP contribution is 2.19. The molecule has 0 aliphatic rings. The predicted octanol–water partition coefficient (Wildman–Crippen LogP) is 1.22. The summed E-state index contributed by atoms with van der Waals surface area (Å²) in [5.74, 6) is -1.87. The molecule has 3 N–H and O–H groups in total. The lowest BCUT2D eigenvalue weighted by Crippen LogP contribution is -2.44. The number of thiophene rings is 1. The number of carbonyl (C=O) groups excluding carboxylic acids is 3. The van der Waals surface area contributed by atoms with Crippen LogP contribution in [0.1, 0.15) is 37.7 Å². The number of nitrogens with one attached hydrogen (secondary N) is 2. The normalized spacial score (nSPS) is 13.2. The van der Waals surface area contributed by atoms with Crippen LogP contribution in [-0.2, 0) is 19.1 Å². The van der Waals surface area contributed by atoms with Gasteiger partial charge in [0.15, 0.2) is 11.9 Å². The zero-order valence-electron chi connectivity index (χ0n) is 12.9. The first-order valence-corrected chi connectivity index (χ1v) is 7.98. The molecule has 0 fully saturated rings. The molecular formula is C15H20N2O5S. The van der Waals surface area contributed by atoms with Crippen LogP contribution in [-0.4, -0.2) is 41.1 Å². The summed E-state index contributed by atoms with van der Waals surface area (Å²) in [5, 5.41) is 20.9. The van der Waals surface area contributed by atoms with E-state index >= 15 is 0 Å². The highest BCUT2D eigenvalue weighted by molar-refractivity contribution is 7.10. The Kier molecular flexibility index (Phi) is 7.56. The Hall–Kier alpha value is -2.06. The second-order valence-electron chi connectivity index (χ2n) is 5.11. The molecule has 0 aliphatic heterocycles. The summed E-state index contributed by atoms with van der Waals surface area (Å²) in [4.78, 5) is 35.7. The molecule has 0 unspecified atom stereocenters. The van der Waals surface area contributed by atoms with Gasteiger partial charge in [-0.25, -0.2) is 4.79 Å². The summed E-state index contributed by atoms with van der Waals surface area (Å²) in [6.07, 6.45) is -1.17. The minimum absolute atomic E-state index is 0.00265. The van der Waals surface area contributed by atoms with Gasteiger partial charge in [-0.1, -0.05) is 6.07 Å². The molecule has 8 heteroatoms. The van der Waals surface area contributed by atoms with Crippen LogP contribution in [0.3, 0.4) is 0 Å². The maximum atomic E-state index is 12.1. The van der Waals surface area contributed by atoms with Crippen LogP contribution in [0.2, 0.25) is 0 Å². The largest absolute Gasteiger partial charge is 0.461 e. The molecule has 1 aromatic rings. The third-order valence-corrected chi connectivity index (χ3v) is 3.78. The van der Waals surface area contributed by atoms with Gasteiger partial charge in [-0.05, 0) is 31.7 Å². The highest BCUT2D eigenvalue weighted by atomic mass is 32.1. The average molecular weight is 340 g/mol. The standard InChI is InChI=1S/C15H20N2O5S/c1-9(2)22-15(21)11(6-5-10(18)8-16)17-14(20)13(19)12-4-3-7-23-12/h3-4,7-9,11,13,16,19H,5-6H2,1-2H3,(H,17,20)/t11-,13-/m0/s1. The van der Waals surface area contributed by atoms with E-state index in [9.17, 15) is 19.5 Å². The number of hydrogen-bond acceptors (Lipinski definition) is 7. The van der Waals surface area contributed by atoms with Crippen LogP contribution >= 0.6 is 11.3 Å². The van der Waals surface area contributed by atoms with Crippen molar-refractivity contribution in [2.75, 3.05) is 0 Å². The molecule has 2 atom stereocenters. The van der Waals surface area contributed by atoms with E-state index in [2.05, 4.69) is 5.32 Å². The first kappa shape index (κ1) is 19.0. The zero-order chi connectivity index (χ0) is 17.4. The lowest BCUT2D eigenvalue weighted by atomic mass is 10.1. The minimum atomic E-state index is -1.39. The van der Waals surface area contributed by atoms with Gasteiger partial charge in [-0.2, -0.15) is 0 Å². The van der Waals surface area contributed by atoms with Crippen molar-refractivity contribution in [1.29, 1.82) is 5.41 Å². The van der Waals surface area contributed by atoms with Gasteiger partial charge in [0.25, 0.3) is 5.91 Å². The fraction of sp³-hybridized carbons (Fsp3) is 0.467. The van der Waals surface area contributed by atoms with Gasteiger partial charge in [-0.15, -0.1) is 11.3 Å². The number of amides is 1.